The van der Waals surface area contributed by atoms with Crippen LogP contribution in [0.25, 0.3) is 11.0 Å². The number of carbonyl (C=O) groups excluding carboxylic acids is 1. The maximum absolute atomic E-state index is 13.6. The zero-order valence-electron chi connectivity index (χ0n) is 18.9. The van der Waals surface area contributed by atoms with Crippen molar-refractivity contribution in [3.05, 3.63) is 40.2 Å². The number of hydrogen-bond donors (Lipinski definition) is 3. The molecule has 1 aromatic heterocycles. The van der Waals surface area contributed by atoms with Crippen LogP contribution in [0.5, 0.6) is 5.75 Å². The summed E-state index contributed by atoms with van der Waals surface area (Å²) < 4.78 is 24.6. The summed E-state index contributed by atoms with van der Waals surface area (Å²) >= 11 is 0. The number of benzene rings is 1. The Hall–Kier alpha value is -2.97. The van der Waals surface area contributed by atoms with E-state index in [2.05, 4.69) is 5.09 Å². The number of Topliss-reactive ketones (excluding diaryl/α,β-unsaturated/α-hetero) is 1. The first kappa shape index (κ1) is 26.3. The van der Waals surface area contributed by atoms with E-state index in [1.54, 1.807) is 39.8 Å². The second-order valence-corrected chi connectivity index (χ2v) is 11.7. The van der Waals surface area contributed by atoms with Gasteiger partial charge in [0.25, 0.3) is 0 Å². The lowest BCUT2D eigenvalue weighted by molar-refractivity contribution is -0.144. The van der Waals surface area contributed by atoms with Gasteiger partial charge in [0.2, 0.25) is 0 Å². The number of nitrogens with one attached hydrogen (secondary N) is 1. The number of carbonyl (C=O) groups is 3. The number of fused-ring (bicyclic) bond motifs is 1. The second-order valence-electron chi connectivity index (χ2n) is 8.77. The van der Waals surface area contributed by atoms with Gasteiger partial charge in [0.05, 0.1) is 17.6 Å². The Morgan fingerprint density at radius 1 is 1.18 bits per heavy atom. The molecule has 0 saturated carbocycles. The molecular weight excluding hydrogens is 453 g/mol. The number of hydrogen-bond acceptors (Lipinski definition) is 7. The number of ketones is 1. The molecule has 0 radical (unpaired) electrons. The summed E-state index contributed by atoms with van der Waals surface area (Å²) in [5, 5.41) is 20.4. The molecule has 0 saturated heterocycles. The highest BCUT2D eigenvalue weighted by atomic mass is 31.2. The van der Waals surface area contributed by atoms with Gasteiger partial charge in [0.15, 0.2) is 0 Å². The minimum absolute atomic E-state index is 0.166. The van der Waals surface area contributed by atoms with E-state index in [1.165, 1.54) is 12.1 Å². The van der Waals surface area contributed by atoms with Crippen LogP contribution in [0.3, 0.4) is 0 Å². The lowest BCUT2D eigenvalue weighted by Crippen LogP contribution is -2.33. The van der Waals surface area contributed by atoms with Crippen LogP contribution in [-0.4, -0.2) is 39.6 Å². The number of aliphatic carboxylic acids is 2. The molecule has 180 valence electrons. The van der Waals surface area contributed by atoms with E-state index in [1.807, 2.05) is 0 Å². The standard InChI is InChI=1S/C22H28NO9P/c1-13-9-20(27)31-18-11-16(6-7-17(13)18)32-33(30,22(2,3)4)23-12-15(24)10-14(21(28)29)5-8-19(25)26/h6-7,9,11,14H,5,8,10,12H2,1-4H3,(H,23,30)(H,25,26)(H,28,29)/t14-,33?/m1/s1. The first-order valence-corrected chi connectivity index (χ1v) is 11.9. The Kier molecular flexibility index (Phi) is 8.21. The molecule has 11 heteroatoms. The summed E-state index contributed by atoms with van der Waals surface area (Å²) in [6, 6.07) is 6.04. The number of aryl methyl sites for hydroxylation is 1. The van der Waals surface area contributed by atoms with Crippen LogP contribution in [0.4, 0.5) is 0 Å². The summed E-state index contributed by atoms with van der Waals surface area (Å²) in [6.07, 6.45) is -0.968. The van der Waals surface area contributed by atoms with Gasteiger partial charge < -0.3 is 19.2 Å². The van der Waals surface area contributed by atoms with Gasteiger partial charge >= 0.3 is 25.1 Å². The summed E-state index contributed by atoms with van der Waals surface area (Å²) in [7, 11) is -3.71. The van der Waals surface area contributed by atoms with Gasteiger partial charge in [-0.15, -0.1) is 0 Å². The van der Waals surface area contributed by atoms with Crippen LogP contribution in [0.15, 0.2) is 33.5 Å². The molecule has 2 rings (SSSR count). The molecule has 0 fully saturated rings. The highest BCUT2D eigenvalue weighted by Gasteiger charge is 2.40. The summed E-state index contributed by atoms with van der Waals surface area (Å²) in [5.74, 6) is -3.95. The van der Waals surface area contributed by atoms with E-state index >= 15 is 0 Å². The van der Waals surface area contributed by atoms with Crippen molar-refractivity contribution < 1.29 is 38.1 Å². The molecule has 0 spiro atoms. The Morgan fingerprint density at radius 3 is 2.42 bits per heavy atom. The first-order chi connectivity index (χ1) is 15.2. The highest BCUT2D eigenvalue weighted by molar-refractivity contribution is 7.58. The third kappa shape index (κ3) is 7.00. The van der Waals surface area contributed by atoms with Crippen LogP contribution in [0.2, 0.25) is 0 Å². The largest absolute Gasteiger partial charge is 0.481 e. The predicted octanol–water partition coefficient (Wildman–Crippen LogP) is 3.59. The topological polar surface area (TPSA) is 160 Å². The Labute approximate surface area is 190 Å². The molecule has 1 aromatic carbocycles. The molecular formula is C22H28NO9P. The average Bonchev–Trinajstić information content (AvgIpc) is 2.68. The smallest absolute Gasteiger partial charge is 0.336 e. The zero-order chi connectivity index (χ0) is 25.0. The van der Waals surface area contributed by atoms with Crippen molar-refractivity contribution in [2.75, 3.05) is 6.54 Å². The van der Waals surface area contributed by atoms with Crippen LogP contribution in [0, 0.1) is 12.8 Å². The lowest BCUT2D eigenvalue weighted by Gasteiger charge is -2.31. The molecule has 0 aliphatic heterocycles. The molecule has 2 atom stereocenters. The minimum Gasteiger partial charge on any atom is -0.481 e. The minimum atomic E-state index is -3.71. The van der Waals surface area contributed by atoms with Gasteiger partial charge in [0, 0.05) is 30.4 Å². The van der Waals surface area contributed by atoms with E-state index in [0.717, 1.165) is 0 Å². The van der Waals surface area contributed by atoms with Gasteiger partial charge in [0.1, 0.15) is 17.1 Å². The number of carboxylic acids is 2. The SMILES string of the molecule is Cc1cc(=O)oc2cc(OP(=O)(NCC(=O)C[C@@H](CCC(=O)O)C(=O)O)C(C)(C)C)ccc12. The molecule has 1 heterocycles. The molecule has 33 heavy (non-hydrogen) atoms. The summed E-state index contributed by atoms with van der Waals surface area (Å²) in [4.78, 5) is 46.1. The molecule has 0 aliphatic carbocycles. The highest BCUT2D eigenvalue weighted by Crippen LogP contribution is 2.54. The average molecular weight is 481 g/mol. The fourth-order valence-corrected chi connectivity index (χ4v) is 4.67. The monoisotopic (exact) mass is 481 g/mol. The van der Waals surface area contributed by atoms with E-state index in [9.17, 15) is 28.8 Å². The Bertz CT molecular complexity index is 1160. The van der Waals surface area contributed by atoms with Crippen LogP contribution >= 0.6 is 7.52 Å². The van der Waals surface area contributed by atoms with E-state index in [4.69, 9.17) is 14.0 Å². The normalized spacial score (nSPS) is 14.4. The summed E-state index contributed by atoms with van der Waals surface area (Å²) in [6.45, 7) is 6.30. The van der Waals surface area contributed by atoms with Gasteiger partial charge in [-0.1, -0.05) is 0 Å². The fourth-order valence-electron chi connectivity index (χ4n) is 3.07. The van der Waals surface area contributed by atoms with E-state index in [0.29, 0.717) is 10.9 Å². The molecule has 0 bridgehead atoms. The van der Waals surface area contributed by atoms with Crippen molar-refractivity contribution in [3.8, 4) is 5.75 Å². The Morgan fingerprint density at radius 2 is 1.85 bits per heavy atom. The van der Waals surface area contributed by atoms with Crippen molar-refractivity contribution in [3.63, 3.8) is 0 Å². The first-order valence-electron chi connectivity index (χ1n) is 10.3. The fraction of sp³-hybridized carbons (Fsp3) is 0.455. The molecule has 0 aliphatic rings. The van der Waals surface area contributed by atoms with E-state index < -0.39 is 54.9 Å². The predicted molar refractivity (Wildman–Crippen MR) is 121 cm³/mol. The third-order valence-electron chi connectivity index (χ3n) is 5.05. The van der Waals surface area contributed by atoms with Crippen molar-refractivity contribution in [1.82, 2.24) is 5.09 Å². The maximum atomic E-state index is 13.6. The van der Waals surface area contributed by atoms with Crippen LogP contribution in [0.1, 0.15) is 45.6 Å². The van der Waals surface area contributed by atoms with Crippen molar-refractivity contribution in [2.45, 2.75) is 52.1 Å². The lowest BCUT2D eigenvalue weighted by atomic mass is 9.97. The summed E-state index contributed by atoms with van der Waals surface area (Å²) in [5.41, 5.74) is 0.443. The second kappa shape index (κ2) is 10.3. The molecule has 10 nitrogen and oxygen atoms in total. The molecule has 1 unspecified atom stereocenters. The zero-order valence-corrected chi connectivity index (χ0v) is 19.8. The number of carboxylic acid groups (broad SMARTS) is 2. The third-order valence-corrected chi connectivity index (χ3v) is 7.86. The van der Waals surface area contributed by atoms with Crippen molar-refractivity contribution >= 4 is 36.2 Å². The maximum Gasteiger partial charge on any atom is 0.336 e. The van der Waals surface area contributed by atoms with Gasteiger partial charge in [-0.25, -0.2) is 9.88 Å². The quantitative estimate of drug-likeness (QED) is 0.320. The Balaban J connectivity index is 2.18. The molecule has 0 amide bonds. The number of rotatable bonds is 11. The van der Waals surface area contributed by atoms with Gasteiger partial charge in [-0.3, -0.25) is 18.9 Å². The van der Waals surface area contributed by atoms with Gasteiger partial charge in [-0.2, -0.15) is 0 Å². The molecule has 3 N–H and O–H groups in total. The van der Waals surface area contributed by atoms with Crippen molar-refractivity contribution in [1.29, 1.82) is 0 Å². The van der Waals surface area contributed by atoms with Crippen molar-refractivity contribution in [2.24, 2.45) is 5.92 Å². The van der Waals surface area contributed by atoms with Gasteiger partial charge in [-0.05, 0) is 51.8 Å². The van der Waals surface area contributed by atoms with E-state index in [-0.39, 0.29) is 24.2 Å². The van der Waals surface area contributed by atoms with Crippen LogP contribution in [-0.2, 0) is 18.9 Å². The molecule has 2 aromatic rings. The van der Waals surface area contributed by atoms with Crippen LogP contribution < -0.4 is 15.2 Å².